The van der Waals surface area contributed by atoms with Crippen LogP contribution >= 0.6 is 11.6 Å². The van der Waals surface area contributed by atoms with Crippen LogP contribution in [0.5, 0.6) is 0 Å². The molecule has 4 nitrogen and oxygen atoms in total. The number of nitrogen functional groups attached to an aromatic ring is 1. The molecule has 1 unspecified atom stereocenters. The van der Waals surface area contributed by atoms with Gasteiger partial charge in [-0.05, 0) is 38.8 Å². The number of hydrogen-bond donors (Lipinski definition) is 1. The van der Waals surface area contributed by atoms with Gasteiger partial charge in [0.05, 0.1) is 16.1 Å². The SMILES string of the molecule is CC(C)N1CCC(Cn2c(N)nc3cc(F)c(Cl)cc32)C1. The Morgan fingerprint density at radius 1 is 1.48 bits per heavy atom. The maximum Gasteiger partial charge on any atom is 0.201 e. The Morgan fingerprint density at radius 3 is 2.90 bits per heavy atom. The molecule has 0 bridgehead atoms. The van der Waals surface area contributed by atoms with E-state index in [2.05, 4.69) is 23.7 Å². The minimum atomic E-state index is -0.458. The smallest absolute Gasteiger partial charge is 0.201 e. The lowest BCUT2D eigenvalue weighted by molar-refractivity contribution is 0.261. The van der Waals surface area contributed by atoms with Gasteiger partial charge in [-0.25, -0.2) is 9.37 Å². The molecule has 1 aromatic carbocycles. The summed E-state index contributed by atoms with van der Waals surface area (Å²) in [6.45, 7) is 7.40. The summed E-state index contributed by atoms with van der Waals surface area (Å²) in [5, 5.41) is 0.110. The van der Waals surface area contributed by atoms with Gasteiger partial charge >= 0.3 is 0 Å². The van der Waals surface area contributed by atoms with E-state index in [1.807, 2.05) is 4.57 Å². The quantitative estimate of drug-likeness (QED) is 0.947. The highest BCUT2D eigenvalue weighted by molar-refractivity contribution is 6.31. The van der Waals surface area contributed by atoms with Crippen molar-refractivity contribution in [1.82, 2.24) is 14.5 Å². The number of hydrogen-bond acceptors (Lipinski definition) is 3. The summed E-state index contributed by atoms with van der Waals surface area (Å²) in [6, 6.07) is 3.53. The van der Waals surface area contributed by atoms with E-state index >= 15 is 0 Å². The van der Waals surface area contributed by atoms with Crippen molar-refractivity contribution in [2.75, 3.05) is 18.8 Å². The number of halogens is 2. The minimum absolute atomic E-state index is 0.110. The van der Waals surface area contributed by atoms with Crippen LogP contribution in [0.25, 0.3) is 11.0 Å². The van der Waals surface area contributed by atoms with Crippen LogP contribution < -0.4 is 5.73 Å². The van der Waals surface area contributed by atoms with Crippen molar-refractivity contribution in [3.05, 3.63) is 23.0 Å². The maximum absolute atomic E-state index is 13.5. The fourth-order valence-electron chi connectivity index (χ4n) is 3.07. The van der Waals surface area contributed by atoms with E-state index in [9.17, 15) is 4.39 Å². The molecule has 1 fully saturated rings. The van der Waals surface area contributed by atoms with Crippen molar-refractivity contribution < 1.29 is 4.39 Å². The zero-order valence-electron chi connectivity index (χ0n) is 12.3. The molecule has 0 amide bonds. The monoisotopic (exact) mass is 310 g/mol. The number of nitrogens with two attached hydrogens (primary N) is 1. The Bertz CT molecular complexity index is 667. The number of nitrogens with zero attached hydrogens (tertiary/aromatic N) is 3. The third kappa shape index (κ3) is 2.72. The van der Waals surface area contributed by atoms with Crippen molar-refractivity contribution in [3.63, 3.8) is 0 Å². The van der Waals surface area contributed by atoms with Gasteiger partial charge in [0, 0.05) is 25.2 Å². The van der Waals surface area contributed by atoms with Crippen molar-refractivity contribution in [2.45, 2.75) is 32.9 Å². The zero-order valence-corrected chi connectivity index (χ0v) is 13.1. The Balaban J connectivity index is 1.87. The molecule has 0 radical (unpaired) electrons. The molecular formula is C15H20ClFN4. The number of anilines is 1. The van der Waals surface area contributed by atoms with Gasteiger partial charge in [0.1, 0.15) is 5.82 Å². The largest absolute Gasteiger partial charge is 0.369 e. The lowest BCUT2D eigenvalue weighted by Crippen LogP contribution is -2.28. The molecule has 114 valence electrons. The lowest BCUT2D eigenvalue weighted by Gasteiger charge is -2.20. The Morgan fingerprint density at radius 2 is 2.24 bits per heavy atom. The maximum atomic E-state index is 13.5. The molecule has 2 N–H and O–H groups in total. The minimum Gasteiger partial charge on any atom is -0.369 e. The van der Waals surface area contributed by atoms with E-state index < -0.39 is 5.82 Å². The van der Waals surface area contributed by atoms with Gasteiger partial charge in [0.2, 0.25) is 5.95 Å². The molecule has 1 aromatic heterocycles. The number of benzene rings is 1. The van der Waals surface area contributed by atoms with Gasteiger partial charge in [-0.2, -0.15) is 0 Å². The second-order valence-electron chi connectivity index (χ2n) is 6.08. The van der Waals surface area contributed by atoms with E-state index in [0.29, 0.717) is 23.4 Å². The van der Waals surface area contributed by atoms with Gasteiger partial charge in [0.15, 0.2) is 0 Å². The molecule has 21 heavy (non-hydrogen) atoms. The van der Waals surface area contributed by atoms with Gasteiger partial charge in [0.25, 0.3) is 0 Å². The summed E-state index contributed by atoms with van der Waals surface area (Å²) < 4.78 is 15.5. The Kier molecular flexibility index (Phi) is 3.80. The lowest BCUT2D eigenvalue weighted by atomic mass is 10.1. The van der Waals surface area contributed by atoms with Crippen LogP contribution in [0.3, 0.4) is 0 Å². The van der Waals surface area contributed by atoms with Crippen LogP contribution in [0.4, 0.5) is 10.3 Å². The van der Waals surface area contributed by atoms with Crippen molar-refractivity contribution in [3.8, 4) is 0 Å². The number of aromatic nitrogens is 2. The number of fused-ring (bicyclic) bond motifs is 1. The van der Waals surface area contributed by atoms with Crippen LogP contribution in [-0.2, 0) is 6.54 Å². The molecule has 1 saturated heterocycles. The standard InChI is InChI=1S/C15H20ClFN4/c1-9(2)20-4-3-10(7-20)8-21-14-5-11(16)12(17)6-13(14)19-15(21)18/h5-6,9-10H,3-4,7-8H2,1-2H3,(H2,18,19). The van der Waals surface area contributed by atoms with Gasteiger partial charge in [-0.3, -0.25) is 0 Å². The predicted octanol–water partition coefficient (Wildman–Crippen LogP) is 3.14. The molecule has 1 atom stereocenters. The summed E-state index contributed by atoms with van der Waals surface area (Å²) in [5.41, 5.74) is 7.37. The first-order valence-corrected chi connectivity index (χ1v) is 7.68. The van der Waals surface area contributed by atoms with E-state index in [1.165, 1.54) is 6.07 Å². The van der Waals surface area contributed by atoms with Crippen molar-refractivity contribution in [2.24, 2.45) is 5.92 Å². The summed E-state index contributed by atoms with van der Waals surface area (Å²) in [6.07, 6.45) is 1.15. The molecule has 1 aliphatic rings. The first-order valence-electron chi connectivity index (χ1n) is 7.30. The first-order chi connectivity index (χ1) is 9.95. The average Bonchev–Trinajstić information content (AvgIpc) is 2.98. The molecule has 1 aliphatic heterocycles. The van der Waals surface area contributed by atoms with Crippen LogP contribution in [0.15, 0.2) is 12.1 Å². The predicted molar refractivity (Wildman–Crippen MR) is 83.9 cm³/mol. The molecule has 0 spiro atoms. The average molecular weight is 311 g/mol. The van der Waals surface area contributed by atoms with Crippen LogP contribution in [0, 0.1) is 11.7 Å². The highest BCUT2D eigenvalue weighted by Crippen LogP contribution is 2.27. The van der Waals surface area contributed by atoms with E-state index in [1.54, 1.807) is 6.07 Å². The highest BCUT2D eigenvalue weighted by atomic mass is 35.5. The third-order valence-electron chi connectivity index (χ3n) is 4.31. The van der Waals surface area contributed by atoms with E-state index in [0.717, 1.165) is 31.6 Å². The number of imidazole rings is 1. The summed E-state index contributed by atoms with van der Waals surface area (Å²) in [4.78, 5) is 6.70. The summed E-state index contributed by atoms with van der Waals surface area (Å²) in [7, 11) is 0. The van der Waals surface area contributed by atoms with E-state index in [-0.39, 0.29) is 5.02 Å². The summed E-state index contributed by atoms with van der Waals surface area (Å²) >= 11 is 5.89. The molecule has 0 saturated carbocycles. The second-order valence-corrected chi connectivity index (χ2v) is 6.49. The number of rotatable bonds is 3. The Hall–Kier alpha value is -1.33. The molecule has 3 rings (SSSR count). The normalized spacial score (nSPS) is 20.0. The molecule has 6 heteroatoms. The highest BCUT2D eigenvalue weighted by Gasteiger charge is 2.25. The Labute approximate surface area is 128 Å². The molecular weight excluding hydrogens is 291 g/mol. The van der Waals surface area contributed by atoms with Crippen molar-refractivity contribution in [1.29, 1.82) is 0 Å². The topological polar surface area (TPSA) is 47.1 Å². The van der Waals surface area contributed by atoms with Gasteiger partial charge in [-0.15, -0.1) is 0 Å². The number of likely N-dealkylation sites (tertiary alicyclic amines) is 1. The van der Waals surface area contributed by atoms with Gasteiger partial charge < -0.3 is 15.2 Å². The first kappa shape index (κ1) is 14.6. The third-order valence-corrected chi connectivity index (χ3v) is 4.60. The zero-order chi connectivity index (χ0) is 15.1. The fraction of sp³-hybridized carbons (Fsp3) is 0.533. The summed E-state index contributed by atoms with van der Waals surface area (Å²) in [5.74, 6) is 0.506. The molecule has 0 aliphatic carbocycles. The van der Waals surface area contributed by atoms with Crippen LogP contribution in [0.2, 0.25) is 5.02 Å². The van der Waals surface area contributed by atoms with Crippen LogP contribution in [-0.4, -0.2) is 33.6 Å². The van der Waals surface area contributed by atoms with Crippen molar-refractivity contribution >= 4 is 28.6 Å². The van der Waals surface area contributed by atoms with Gasteiger partial charge in [-0.1, -0.05) is 11.6 Å². The van der Waals surface area contributed by atoms with E-state index in [4.69, 9.17) is 17.3 Å². The second kappa shape index (κ2) is 5.46. The molecule has 2 heterocycles. The van der Waals surface area contributed by atoms with Crippen LogP contribution in [0.1, 0.15) is 20.3 Å². The fourth-order valence-corrected chi connectivity index (χ4v) is 3.23. The molecule has 2 aromatic rings.